The van der Waals surface area contributed by atoms with E-state index in [-0.39, 0.29) is 48.8 Å². The molecule has 5 aromatic carbocycles. The highest BCUT2D eigenvalue weighted by Gasteiger charge is 2.45. The second kappa shape index (κ2) is 19.1. The summed E-state index contributed by atoms with van der Waals surface area (Å²) in [6.45, 7) is 5.92. The van der Waals surface area contributed by atoms with Gasteiger partial charge in [0.2, 0.25) is 6.79 Å². The van der Waals surface area contributed by atoms with E-state index in [9.17, 15) is 35.7 Å². The van der Waals surface area contributed by atoms with Gasteiger partial charge in [-0.05, 0) is 84.8 Å². The number of ether oxygens (including phenoxy) is 1. The van der Waals surface area contributed by atoms with Gasteiger partial charge in [0.25, 0.3) is 0 Å². The number of fused-ring (bicyclic) bond motifs is 2. The Labute approximate surface area is 387 Å². The zero-order chi connectivity index (χ0) is 48.6. The third-order valence-corrected chi connectivity index (χ3v) is 13.4. The van der Waals surface area contributed by atoms with E-state index in [0.717, 1.165) is 27.4 Å². The Morgan fingerprint density at radius 1 is 0.750 bits per heavy atom. The zero-order valence-corrected chi connectivity index (χ0v) is 38.2. The van der Waals surface area contributed by atoms with Gasteiger partial charge in [0, 0.05) is 35.8 Å². The van der Waals surface area contributed by atoms with E-state index in [1.807, 2.05) is 32.0 Å². The summed E-state index contributed by atoms with van der Waals surface area (Å²) >= 11 is 0. The predicted octanol–water partition coefficient (Wildman–Crippen LogP) is 13.5. The van der Waals surface area contributed by atoms with E-state index < -0.39 is 55.5 Å². The molecule has 0 atom stereocenters. The summed E-state index contributed by atoms with van der Waals surface area (Å²) in [5.74, 6) is -0.801. The molecule has 1 aliphatic heterocycles. The fraction of sp³-hybridized carbons (Fsp3) is 0.280. The van der Waals surface area contributed by atoms with Crippen molar-refractivity contribution in [2.45, 2.75) is 84.7 Å². The van der Waals surface area contributed by atoms with Gasteiger partial charge in [-0.2, -0.15) is 31.4 Å². The number of nitrogens with zero attached hydrogens (tertiary/aromatic N) is 4. The van der Waals surface area contributed by atoms with Crippen LogP contribution in [0.2, 0.25) is 0 Å². The van der Waals surface area contributed by atoms with E-state index in [4.69, 9.17) is 23.4 Å². The van der Waals surface area contributed by atoms with Crippen LogP contribution in [0, 0.1) is 5.82 Å². The Morgan fingerprint density at radius 3 is 1.94 bits per heavy atom. The van der Waals surface area contributed by atoms with Gasteiger partial charge in [0.05, 0.1) is 52.5 Å². The quantitative estimate of drug-likeness (QED) is 0.0569. The van der Waals surface area contributed by atoms with Crippen molar-refractivity contribution < 1.29 is 58.4 Å². The van der Waals surface area contributed by atoms with E-state index in [1.165, 1.54) is 24.4 Å². The maximum absolute atomic E-state index is 16.2. The smallest absolute Gasteiger partial charge is 0.421 e. The molecule has 0 aliphatic carbocycles. The van der Waals surface area contributed by atoms with Crippen LogP contribution in [-0.4, -0.2) is 32.1 Å². The number of alkyl halides is 6. The van der Waals surface area contributed by atoms with E-state index in [2.05, 4.69) is 0 Å². The third-order valence-electron chi connectivity index (χ3n) is 12.1. The molecule has 7 aromatic rings. The maximum atomic E-state index is 16.2. The molecule has 68 heavy (non-hydrogen) atoms. The number of rotatable bonds is 15. The molecule has 1 aliphatic rings. The van der Waals surface area contributed by atoms with Crippen LogP contribution in [0.15, 0.2) is 121 Å². The van der Waals surface area contributed by atoms with Crippen LogP contribution >= 0.6 is 7.82 Å². The van der Waals surface area contributed by atoms with E-state index in [1.54, 1.807) is 84.1 Å². The average molecular weight is 963 g/mol. The number of benzene rings is 5. The highest BCUT2D eigenvalue weighted by Crippen LogP contribution is 2.51. The van der Waals surface area contributed by atoms with Crippen molar-refractivity contribution in [3.63, 3.8) is 0 Å². The van der Waals surface area contributed by atoms with Crippen LogP contribution in [0.25, 0.3) is 27.8 Å². The van der Waals surface area contributed by atoms with Crippen LogP contribution in [0.1, 0.15) is 77.9 Å². The number of aryl methyl sites for hydroxylation is 2. The zero-order valence-electron chi connectivity index (χ0n) is 37.3. The van der Waals surface area contributed by atoms with E-state index in [0.29, 0.717) is 52.5 Å². The van der Waals surface area contributed by atoms with Crippen molar-refractivity contribution >= 4 is 24.8 Å². The summed E-state index contributed by atoms with van der Waals surface area (Å²) in [7, 11) is -4.37. The lowest BCUT2D eigenvalue weighted by atomic mass is 9.96. The minimum absolute atomic E-state index is 0.00341. The summed E-state index contributed by atoms with van der Waals surface area (Å²) in [5, 5.41) is 5.42. The molecule has 0 N–H and O–H groups in total. The van der Waals surface area contributed by atoms with E-state index >= 15 is 4.39 Å². The first-order chi connectivity index (χ1) is 32.3. The monoisotopic (exact) mass is 962 g/mol. The van der Waals surface area contributed by atoms with Gasteiger partial charge in [-0.25, -0.2) is 27.5 Å². The number of carbonyl (C=O) groups excluding carboxylic acids is 1. The lowest BCUT2D eigenvalue weighted by molar-refractivity contribution is -0.143. The molecule has 2 aromatic heterocycles. The number of carbonyl (C=O) groups is 1. The molecule has 0 radical (unpaired) electrons. The molecule has 0 bridgehead atoms. The molecular formula is C50H46F7N4O6P. The SMILES string of the molecule is CCc1cccc(CC)c1-n1nc2c(c1-c1ccc(F)c3c1ccn3C(=O)OCOP(=O)(OCc1ccccc1)OCc1ccccc1)CN(Cc1ccc(C(F)(F)F)cc1C(F)(F)F)C2(C)C. The molecule has 10 nitrogen and oxygen atoms in total. The standard InChI is InChI=1S/C50H46F7N4O6P/c1-5-34-18-13-19-35(6-2)43(34)61-44(40-28-59(48(3,4)46(40)58-61)27-36-20-21-37(49(52,53)54)26-41(36)50(55,56)57)38-22-23-42(51)45-39(38)24-25-60(45)47(62)64-31-67-68(63,65-29-32-14-9-7-10-15-32)66-30-33-16-11-8-12-17-33/h7-26H,5-6,27-31H2,1-4H3. The normalized spacial score (nSPS) is 14.2. The minimum Gasteiger partial charge on any atom is -0.421 e. The second-order valence-electron chi connectivity index (χ2n) is 16.7. The number of hydrogen-bond donors (Lipinski definition) is 0. The Bertz CT molecular complexity index is 2940. The van der Waals surface area contributed by atoms with Crippen LogP contribution in [0.4, 0.5) is 35.5 Å². The summed E-state index contributed by atoms with van der Waals surface area (Å²) in [6, 6.07) is 29.4. The Hall–Kier alpha value is -6.10. The second-order valence-corrected chi connectivity index (χ2v) is 18.3. The van der Waals surface area contributed by atoms with Gasteiger partial charge >= 0.3 is 26.3 Å². The third kappa shape index (κ3) is 9.76. The topological polar surface area (TPSA) is 97.0 Å². The number of halogens is 7. The first kappa shape index (κ1) is 48.4. The van der Waals surface area contributed by atoms with Gasteiger partial charge < -0.3 is 4.74 Å². The van der Waals surface area contributed by atoms with Crippen molar-refractivity contribution in [2.24, 2.45) is 0 Å². The van der Waals surface area contributed by atoms with Gasteiger partial charge in [-0.3, -0.25) is 13.9 Å². The summed E-state index contributed by atoms with van der Waals surface area (Å²) < 4.78 is 139. The minimum atomic E-state index is -5.08. The van der Waals surface area contributed by atoms with Crippen molar-refractivity contribution in [1.82, 2.24) is 19.2 Å². The molecular weight excluding hydrogens is 917 g/mol. The molecule has 8 rings (SSSR count). The number of para-hydroxylation sites is 1. The average Bonchev–Trinajstić information content (AvgIpc) is 4.00. The molecule has 0 unspecified atom stereocenters. The van der Waals surface area contributed by atoms with Gasteiger partial charge in [0.1, 0.15) is 5.82 Å². The Kier molecular flexibility index (Phi) is 13.6. The number of phosphoric acid groups is 1. The number of phosphoric ester groups is 1. The summed E-state index contributed by atoms with van der Waals surface area (Å²) in [6.07, 6.45) is -8.67. The van der Waals surface area contributed by atoms with Gasteiger partial charge in [-0.1, -0.05) is 98.8 Å². The summed E-state index contributed by atoms with van der Waals surface area (Å²) in [4.78, 5) is 15.5. The fourth-order valence-electron chi connectivity index (χ4n) is 8.52. The molecule has 18 heteroatoms. The van der Waals surface area contributed by atoms with Crippen LogP contribution in [0.5, 0.6) is 0 Å². The molecule has 0 fully saturated rings. The van der Waals surface area contributed by atoms with Crippen LogP contribution in [-0.2, 0) is 79.9 Å². The molecule has 356 valence electrons. The lowest BCUT2D eigenvalue weighted by Gasteiger charge is -2.33. The molecule has 0 spiro atoms. The van der Waals surface area contributed by atoms with Crippen molar-refractivity contribution in [1.29, 1.82) is 0 Å². The first-order valence-electron chi connectivity index (χ1n) is 21.7. The number of hydrogen-bond acceptors (Lipinski definition) is 8. The van der Waals surface area contributed by atoms with Crippen LogP contribution in [0.3, 0.4) is 0 Å². The Morgan fingerprint density at radius 2 is 1.37 bits per heavy atom. The van der Waals surface area contributed by atoms with Gasteiger partial charge in [-0.15, -0.1) is 0 Å². The highest BCUT2D eigenvalue weighted by molar-refractivity contribution is 7.48. The fourth-order valence-corrected chi connectivity index (χ4v) is 9.54. The predicted molar refractivity (Wildman–Crippen MR) is 240 cm³/mol. The molecule has 3 heterocycles. The van der Waals surface area contributed by atoms with Gasteiger partial charge in [0.15, 0.2) is 0 Å². The molecule has 0 amide bonds. The van der Waals surface area contributed by atoms with Crippen LogP contribution < -0.4 is 0 Å². The largest absolute Gasteiger partial charge is 0.478 e. The van der Waals surface area contributed by atoms with Crippen molar-refractivity contribution in [3.05, 3.63) is 177 Å². The first-order valence-corrected chi connectivity index (χ1v) is 23.1. The van der Waals surface area contributed by atoms with Crippen molar-refractivity contribution in [3.8, 4) is 16.9 Å². The summed E-state index contributed by atoms with van der Waals surface area (Å²) in [5.41, 5.74) is 1.49. The Balaban J connectivity index is 1.15. The number of aromatic nitrogens is 3. The lowest BCUT2D eigenvalue weighted by Crippen LogP contribution is -2.36. The molecule has 0 saturated carbocycles. The molecule has 0 saturated heterocycles. The highest BCUT2D eigenvalue weighted by atomic mass is 31.2. The van der Waals surface area contributed by atoms with Crippen molar-refractivity contribution in [2.75, 3.05) is 6.79 Å². The maximum Gasteiger partial charge on any atom is 0.478 e.